The van der Waals surface area contributed by atoms with Gasteiger partial charge in [0.2, 0.25) is 11.8 Å². The molecule has 0 saturated carbocycles. The molecule has 176 valence electrons. The molecule has 2 heterocycles. The van der Waals surface area contributed by atoms with Crippen LogP contribution in [0, 0.1) is 11.3 Å². The first kappa shape index (κ1) is 23.1. The van der Waals surface area contributed by atoms with Gasteiger partial charge in [0.05, 0.1) is 5.69 Å². The molecule has 0 bridgehead atoms. The lowest BCUT2D eigenvalue weighted by atomic mass is 9.76. The molecule has 2 N–H and O–H groups in total. The van der Waals surface area contributed by atoms with E-state index in [1.165, 1.54) is 16.2 Å². The predicted molar refractivity (Wildman–Crippen MR) is 132 cm³/mol. The molecule has 2 amide bonds. The van der Waals surface area contributed by atoms with Crippen LogP contribution in [-0.2, 0) is 22.4 Å². The number of H-pyrrole nitrogens is 2. The monoisotopic (exact) mass is 449 g/mol. The summed E-state index contributed by atoms with van der Waals surface area (Å²) in [4.78, 5) is 32.0. The van der Waals surface area contributed by atoms with Crippen molar-refractivity contribution < 1.29 is 9.59 Å². The number of nitrogens with zero attached hydrogens (tertiary/aromatic N) is 3. The first-order valence-corrected chi connectivity index (χ1v) is 11.7. The molecule has 0 radical (unpaired) electrons. The van der Waals surface area contributed by atoms with E-state index >= 15 is 0 Å². The van der Waals surface area contributed by atoms with Crippen LogP contribution in [0.15, 0.2) is 24.3 Å². The number of amides is 2. The van der Waals surface area contributed by atoms with Gasteiger partial charge in [-0.2, -0.15) is 5.10 Å². The summed E-state index contributed by atoms with van der Waals surface area (Å²) in [6.45, 7) is 10.1. The SMILES string of the molecule is CC(C)C(=O)N(C)[C@@H](C)C(=O)N(C)c1ccc2cc(-c3n[nH]c4c3CCC(C)(C)C4)[nH]c2c1. The maximum Gasteiger partial charge on any atom is 0.249 e. The molecule has 33 heavy (non-hydrogen) atoms. The minimum Gasteiger partial charge on any atom is -0.353 e. The van der Waals surface area contributed by atoms with E-state index < -0.39 is 6.04 Å². The maximum atomic E-state index is 13.1. The van der Waals surface area contributed by atoms with Crippen LogP contribution in [-0.4, -0.2) is 52.0 Å². The van der Waals surface area contributed by atoms with E-state index in [9.17, 15) is 9.59 Å². The van der Waals surface area contributed by atoms with Gasteiger partial charge in [0, 0.05) is 47.9 Å². The summed E-state index contributed by atoms with van der Waals surface area (Å²) in [5.74, 6) is -0.316. The van der Waals surface area contributed by atoms with Crippen LogP contribution in [0.25, 0.3) is 22.3 Å². The molecule has 3 aromatic rings. The highest BCUT2D eigenvalue weighted by Crippen LogP contribution is 2.38. The van der Waals surface area contributed by atoms with Crippen LogP contribution < -0.4 is 4.90 Å². The third-order valence-corrected chi connectivity index (χ3v) is 7.02. The van der Waals surface area contributed by atoms with Gasteiger partial charge in [-0.15, -0.1) is 0 Å². The van der Waals surface area contributed by atoms with Crippen LogP contribution in [0.3, 0.4) is 0 Å². The molecule has 0 aliphatic heterocycles. The Hall–Kier alpha value is -3.09. The number of carbonyl (C=O) groups excluding carboxylic acids is 2. The predicted octanol–water partition coefficient (Wildman–Crippen LogP) is 4.54. The molecule has 1 aliphatic carbocycles. The van der Waals surface area contributed by atoms with Crippen LogP contribution in [0.4, 0.5) is 5.69 Å². The Morgan fingerprint density at radius 2 is 1.82 bits per heavy atom. The Labute approximate surface area is 195 Å². The Balaban J connectivity index is 1.58. The van der Waals surface area contributed by atoms with E-state index in [2.05, 4.69) is 35.1 Å². The summed E-state index contributed by atoms with van der Waals surface area (Å²) in [5.41, 5.74) is 6.56. The van der Waals surface area contributed by atoms with Gasteiger partial charge >= 0.3 is 0 Å². The summed E-state index contributed by atoms with van der Waals surface area (Å²) in [6, 6.07) is 7.52. The Morgan fingerprint density at radius 1 is 1.09 bits per heavy atom. The summed E-state index contributed by atoms with van der Waals surface area (Å²) in [5, 5.41) is 8.96. The number of hydrogen-bond donors (Lipinski definition) is 2. The minimum atomic E-state index is -0.542. The van der Waals surface area contributed by atoms with Gasteiger partial charge < -0.3 is 14.8 Å². The minimum absolute atomic E-state index is 0.0422. The standard InChI is InChI=1S/C26H35N5O2/c1-15(2)24(32)30(6)16(3)25(33)31(7)18-9-8-17-12-21(27-20(17)13-18)23-19-10-11-26(4,5)14-22(19)28-29-23/h8-9,12-13,15-16,27H,10-11,14H2,1-7H3,(H,28,29)/t16-/m0/s1. The second-order valence-corrected chi connectivity index (χ2v) is 10.5. The fraction of sp³-hybridized carbons (Fsp3) is 0.500. The topological polar surface area (TPSA) is 85.1 Å². The molecule has 0 unspecified atom stereocenters. The summed E-state index contributed by atoms with van der Waals surface area (Å²) >= 11 is 0. The van der Waals surface area contributed by atoms with Gasteiger partial charge in [-0.25, -0.2) is 0 Å². The van der Waals surface area contributed by atoms with Crippen LogP contribution in [0.2, 0.25) is 0 Å². The lowest BCUT2D eigenvalue weighted by molar-refractivity contribution is -0.139. The van der Waals surface area contributed by atoms with Crippen LogP contribution in [0.1, 0.15) is 52.3 Å². The zero-order valence-corrected chi connectivity index (χ0v) is 20.7. The molecule has 0 saturated heterocycles. The highest BCUT2D eigenvalue weighted by Gasteiger charge is 2.30. The van der Waals surface area contributed by atoms with E-state index in [0.717, 1.165) is 47.2 Å². The summed E-state index contributed by atoms with van der Waals surface area (Å²) < 4.78 is 0. The van der Waals surface area contributed by atoms with Crippen molar-refractivity contribution in [2.75, 3.05) is 19.0 Å². The molecule has 1 aliphatic rings. The molecular weight excluding hydrogens is 414 g/mol. The van der Waals surface area contributed by atoms with Crippen molar-refractivity contribution in [3.63, 3.8) is 0 Å². The zero-order chi connectivity index (χ0) is 24.1. The molecule has 1 aromatic carbocycles. The number of aromatic nitrogens is 3. The molecule has 0 spiro atoms. The highest BCUT2D eigenvalue weighted by molar-refractivity contribution is 6.00. The van der Waals surface area contributed by atoms with E-state index in [1.54, 1.807) is 25.9 Å². The fourth-order valence-corrected chi connectivity index (χ4v) is 4.69. The Kier molecular flexibility index (Phi) is 5.85. The van der Waals surface area contributed by atoms with Gasteiger partial charge in [-0.3, -0.25) is 14.7 Å². The first-order chi connectivity index (χ1) is 15.5. The van der Waals surface area contributed by atoms with Gasteiger partial charge in [-0.05, 0) is 49.8 Å². The molecule has 7 heteroatoms. The highest BCUT2D eigenvalue weighted by atomic mass is 16.2. The fourth-order valence-electron chi connectivity index (χ4n) is 4.69. The van der Waals surface area contributed by atoms with E-state index in [1.807, 2.05) is 32.0 Å². The first-order valence-electron chi connectivity index (χ1n) is 11.7. The second kappa shape index (κ2) is 8.36. The van der Waals surface area contributed by atoms with Gasteiger partial charge in [-0.1, -0.05) is 33.8 Å². The normalized spacial score (nSPS) is 16.0. The van der Waals surface area contributed by atoms with Crippen LogP contribution in [0.5, 0.6) is 0 Å². The van der Waals surface area contributed by atoms with E-state index in [-0.39, 0.29) is 17.7 Å². The molecule has 1 atom stereocenters. The molecule has 4 rings (SSSR count). The lowest BCUT2D eigenvalue weighted by Crippen LogP contribution is -2.47. The number of carbonyl (C=O) groups is 2. The third kappa shape index (κ3) is 4.28. The zero-order valence-electron chi connectivity index (χ0n) is 20.7. The number of anilines is 1. The van der Waals surface area contributed by atoms with Crippen molar-refractivity contribution in [2.24, 2.45) is 11.3 Å². The van der Waals surface area contributed by atoms with E-state index in [0.29, 0.717) is 5.41 Å². The Morgan fingerprint density at radius 3 is 2.52 bits per heavy atom. The third-order valence-electron chi connectivity index (χ3n) is 7.02. The number of hydrogen-bond acceptors (Lipinski definition) is 3. The van der Waals surface area contributed by atoms with Crippen molar-refractivity contribution >= 4 is 28.4 Å². The van der Waals surface area contributed by atoms with Gasteiger partial charge in [0.15, 0.2) is 0 Å². The smallest absolute Gasteiger partial charge is 0.249 e. The second-order valence-electron chi connectivity index (χ2n) is 10.5. The van der Waals surface area contributed by atoms with Crippen molar-refractivity contribution in [2.45, 2.75) is 59.9 Å². The van der Waals surface area contributed by atoms with Crippen molar-refractivity contribution in [1.82, 2.24) is 20.1 Å². The number of benzene rings is 1. The van der Waals surface area contributed by atoms with Gasteiger partial charge in [0.1, 0.15) is 11.7 Å². The molecule has 0 fully saturated rings. The maximum absolute atomic E-state index is 13.1. The van der Waals surface area contributed by atoms with Crippen molar-refractivity contribution in [1.29, 1.82) is 0 Å². The number of fused-ring (bicyclic) bond motifs is 2. The van der Waals surface area contributed by atoms with Gasteiger partial charge in [0.25, 0.3) is 0 Å². The number of nitrogens with one attached hydrogen (secondary N) is 2. The molecule has 7 nitrogen and oxygen atoms in total. The van der Waals surface area contributed by atoms with Crippen molar-refractivity contribution in [3.05, 3.63) is 35.5 Å². The van der Waals surface area contributed by atoms with E-state index in [4.69, 9.17) is 0 Å². The largest absolute Gasteiger partial charge is 0.353 e. The number of likely N-dealkylation sites (N-methyl/N-ethyl adjacent to an activating group) is 2. The summed E-state index contributed by atoms with van der Waals surface area (Å²) in [6.07, 6.45) is 3.18. The van der Waals surface area contributed by atoms with Crippen LogP contribution >= 0.6 is 0 Å². The average Bonchev–Trinajstić information content (AvgIpc) is 3.38. The Bertz CT molecular complexity index is 1200. The van der Waals surface area contributed by atoms with Crippen molar-refractivity contribution in [3.8, 4) is 11.4 Å². The average molecular weight is 450 g/mol. The molecular formula is C26H35N5O2. The lowest BCUT2D eigenvalue weighted by Gasteiger charge is -2.29. The number of rotatable bonds is 5. The number of aromatic amines is 2. The quantitative estimate of drug-likeness (QED) is 0.600. The molecule has 2 aromatic heterocycles. The summed E-state index contributed by atoms with van der Waals surface area (Å²) in [7, 11) is 3.44.